The smallest absolute Gasteiger partial charge is 0.224 e. The van der Waals surface area contributed by atoms with Gasteiger partial charge in [0.05, 0.1) is 12.5 Å². The van der Waals surface area contributed by atoms with Crippen LogP contribution >= 0.6 is 0 Å². The molecule has 162 valence electrons. The Morgan fingerprint density at radius 3 is 2.25 bits per heavy atom. The lowest BCUT2D eigenvalue weighted by Gasteiger charge is -2.27. The third-order valence-electron chi connectivity index (χ3n) is 5.84. The largest absolute Gasteiger partial charge is 0.373 e. The van der Waals surface area contributed by atoms with Gasteiger partial charge >= 0.3 is 0 Å². The average molecular weight is 423 g/mol. The highest BCUT2D eigenvalue weighted by Gasteiger charge is 2.16. The van der Waals surface area contributed by atoms with E-state index in [1.54, 1.807) is 0 Å². The molecule has 0 fully saturated rings. The molecule has 1 amide bonds. The van der Waals surface area contributed by atoms with Crippen LogP contribution in [0, 0.1) is 6.92 Å². The van der Waals surface area contributed by atoms with Crippen molar-refractivity contribution in [3.63, 3.8) is 0 Å². The number of hydrogen-bond donors (Lipinski definition) is 1. The van der Waals surface area contributed by atoms with Crippen molar-refractivity contribution in [2.45, 2.75) is 25.8 Å². The molecule has 0 bridgehead atoms. The van der Waals surface area contributed by atoms with E-state index < -0.39 is 0 Å². The van der Waals surface area contributed by atoms with E-state index in [4.69, 9.17) is 0 Å². The summed E-state index contributed by atoms with van der Waals surface area (Å²) in [6.07, 6.45) is 1.17. The highest BCUT2D eigenvalue weighted by molar-refractivity contribution is 5.85. The van der Waals surface area contributed by atoms with Crippen LogP contribution in [-0.4, -0.2) is 25.5 Å². The van der Waals surface area contributed by atoms with Crippen LogP contribution in [0.15, 0.2) is 97.1 Å². The van der Waals surface area contributed by atoms with E-state index in [-0.39, 0.29) is 11.9 Å². The number of amides is 1. The number of benzene rings is 4. The Hall–Kier alpha value is -3.59. The zero-order valence-electron chi connectivity index (χ0n) is 18.8. The van der Waals surface area contributed by atoms with Crippen LogP contribution in [0.5, 0.6) is 0 Å². The molecular formula is C29H30N2O. The Labute approximate surface area is 190 Å². The van der Waals surface area contributed by atoms with Gasteiger partial charge in [0.2, 0.25) is 5.91 Å². The molecule has 0 aliphatic carbocycles. The minimum atomic E-state index is 0.0108. The lowest BCUT2D eigenvalue weighted by Crippen LogP contribution is -2.44. The Kier molecular flexibility index (Phi) is 6.86. The number of anilines is 1. The third-order valence-corrected chi connectivity index (χ3v) is 5.84. The van der Waals surface area contributed by atoms with Crippen molar-refractivity contribution >= 4 is 22.4 Å². The van der Waals surface area contributed by atoms with Gasteiger partial charge in [0.15, 0.2) is 0 Å². The van der Waals surface area contributed by atoms with Crippen LogP contribution in [0.25, 0.3) is 10.8 Å². The molecule has 0 radical (unpaired) electrons. The van der Waals surface area contributed by atoms with Gasteiger partial charge in [-0.25, -0.2) is 0 Å². The lowest BCUT2D eigenvalue weighted by molar-refractivity contribution is -0.121. The number of aryl methyl sites for hydroxylation is 1. The number of rotatable bonds is 8. The van der Waals surface area contributed by atoms with Gasteiger partial charge in [-0.1, -0.05) is 90.5 Å². The first-order valence-corrected chi connectivity index (χ1v) is 11.2. The second kappa shape index (κ2) is 10.1. The molecular weight excluding hydrogens is 392 g/mol. The molecule has 32 heavy (non-hydrogen) atoms. The molecule has 0 aliphatic rings. The standard InChI is InChI=1S/C29H30N2O/c1-22-12-16-28(17-13-22)31(2)21-27(19-23-8-4-3-5-9-23)30-29(32)20-24-14-15-25-10-6-7-11-26(25)18-24/h3-18,27H,19-21H2,1-2H3,(H,30,32)/t27-/m0/s1. The maximum Gasteiger partial charge on any atom is 0.224 e. The fourth-order valence-electron chi connectivity index (χ4n) is 4.11. The first-order valence-electron chi connectivity index (χ1n) is 11.2. The second-order valence-electron chi connectivity index (χ2n) is 8.53. The summed E-state index contributed by atoms with van der Waals surface area (Å²) in [7, 11) is 2.08. The Morgan fingerprint density at radius 1 is 0.812 bits per heavy atom. The van der Waals surface area contributed by atoms with Crippen LogP contribution in [0.3, 0.4) is 0 Å². The molecule has 3 nitrogen and oxygen atoms in total. The SMILES string of the molecule is Cc1ccc(N(C)C[C@H](Cc2ccccc2)NC(=O)Cc2ccc3ccccc3c2)cc1. The predicted octanol–water partition coefficient (Wildman–Crippen LogP) is 5.55. The molecule has 0 saturated heterocycles. The summed E-state index contributed by atoms with van der Waals surface area (Å²) in [6, 6.07) is 33.4. The van der Waals surface area contributed by atoms with Crippen molar-refractivity contribution in [1.82, 2.24) is 5.32 Å². The zero-order chi connectivity index (χ0) is 22.3. The van der Waals surface area contributed by atoms with E-state index in [0.29, 0.717) is 6.42 Å². The molecule has 4 aromatic rings. The number of likely N-dealkylation sites (N-methyl/N-ethyl adjacent to an activating group) is 1. The lowest BCUT2D eigenvalue weighted by atomic mass is 10.0. The quantitative estimate of drug-likeness (QED) is 0.403. The number of nitrogens with one attached hydrogen (secondary N) is 1. The van der Waals surface area contributed by atoms with E-state index in [2.05, 4.69) is 84.9 Å². The number of fused-ring (bicyclic) bond motifs is 1. The molecule has 0 spiro atoms. The van der Waals surface area contributed by atoms with Crippen molar-refractivity contribution in [2.24, 2.45) is 0 Å². The third kappa shape index (κ3) is 5.76. The van der Waals surface area contributed by atoms with E-state index in [9.17, 15) is 4.79 Å². The number of carbonyl (C=O) groups is 1. The van der Waals surface area contributed by atoms with Crippen molar-refractivity contribution in [3.8, 4) is 0 Å². The summed E-state index contributed by atoms with van der Waals surface area (Å²) in [4.78, 5) is 15.2. The van der Waals surface area contributed by atoms with Crippen LogP contribution < -0.4 is 10.2 Å². The van der Waals surface area contributed by atoms with Gasteiger partial charge in [-0.2, -0.15) is 0 Å². The van der Waals surface area contributed by atoms with Crippen LogP contribution in [0.4, 0.5) is 5.69 Å². The maximum absolute atomic E-state index is 13.0. The monoisotopic (exact) mass is 422 g/mol. The molecule has 4 aromatic carbocycles. The molecule has 0 aromatic heterocycles. The van der Waals surface area contributed by atoms with Gasteiger partial charge in [-0.3, -0.25) is 4.79 Å². The molecule has 4 rings (SSSR count). The van der Waals surface area contributed by atoms with Crippen LogP contribution in [0.1, 0.15) is 16.7 Å². The van der Waals surface area contributed by atoms with Crippen molar-refractivity contribution < 1.29 is 4.79 Å². The summed E-state index contributed by atoms with van der Waals surface area (Å²) in [6.45, 7) is 2.83. The molecule has 0 heterocycles. The minimum absolute atomic E-state index is 0.0108. The summed E-state index contributed by atoms with van der Waals surface area (Å²) in [5.41, 5.74) is 4.65. The van der Waals surface area contributed by atoms with Gasteiger partial charge in [0.1, 0.15) is 0 Å². The molecule has 0 saturated carbocycles. The summed E-state index contributed by atoms with van der Waals surface area (Å²) in [5.74, 6) is 0.0542. The zero-order valence-corrected chi connectivity index (χ0v) is 18.8. The predicted molar refractivity (Wildman–Crippen MR) is 134 cm³/mol. The summed E-state index contributed by atoms with van der Waals surface area (Å²) >= 11 is 0. The van der Waals surface area contributed by atoms with Crippen molar-refractivity contribution in [2.75, 3.05) is 18.5 Å². The van der Waals surface area contributed by atoms with Crippen LogP contribution in [0.2, 0.25) is 0 Å². The highest BCUT2D eigenvalue weighted by atomic mass is 16.1. The molecule has 3 heteroatoms. The first-order chi connectivity index (χ1) is 15.6. The fraction of sp³-hybridized carbons (Fsp3) is 0.207. The van der Waals surface area contributed by atoms with Gasteiger partial charge in [0.25, 0.3) is 0 Å². The molecule has 0 unspecified atom stereocenters. The van der Waals surface area contributed by atoms with Gasteiger partial charge in [-0.05, 0) is 47.4 Å². The number of carbonyl (C=O) groups excluding carboxylic acids is 1. The van der Waals surface area contributed by atoms with Crippen molar-refractivity contribution in [3.05, 3.63) is 114 Å². The van der Waals surface area contributed by atoms with Crippen molar-refractivity contribution in [1.29, 1.82) is 0 Å². The minimum Gasteiger partial charge on any atom is -0.373 e. The van der Waals surface area contributed by atoms with E-state index in [1.807, 2.05) is 36.4 Å². The Balaban J connectivity index is 1.46. The first kappa shape index (κ1) is 21.6. The second-order valence-corrected chi connectivity index (χ2v) is 8.53. The molecule has 1 N–H and O–H groups in total. The van der Waals surface area contributed by atoms with Gasteiger partial charge in [-0.15, -0.1) is 0 Å². The topological polar surface area (TPSA) is 32.3 Å². The fourth-order valence-corrected chi connectivity index (χ4v) is 4.11. The number of nitrogens with zero attached hydrogens (tertiary/aromatic N) is 1. The Bertz CT molecular complexity index is 1170. The number of hydrogen-bond acceptors (Lipinski definition) is 2. The van der Waals surface area contributed by atoms with Crippen LogP contribution in [-0.2, 0) is 17.6 Å². The van der Waals surface area contributed by atoms with Gasteiger partial charge < -0.3 is 10.2 Å². The average Bonchev–Trinajstić information content (AvgIpc) is 2.80. The normalized spacial score (nSPS) is 11.8. The maximum atomic E-state index is 13.0. The molecule has 1 atom stereocenters. The highest BCUT2D eigenvalue weighted by Crippen LogP contribution is 2.17. The van der Waals surface area contributed by atoms with E-state index in [0.717, 1.165) is 29.6 Å². The van der Waals surface area contributed by atoms with Gasteiger partial charge in [0, 0.05) is 19.3 Å². The summed E-state index contributed by atoms with van der Waals surface area (Å²) < 4.78 is 0. The Morgan fingerprint density at radius 2 is 1.50 bits per heavy atom. The van der Waals surface area contributed by atoms with E-state index in [1.165, 1.54) is 16.5 Å². The summed E-state index contributed by atoms with van der Waals surface area (Å²) in [5, 5.41) is 5.65. The molecule has 0 aliphatic heterocycles. The van der Waals surface area contributed by atoms with E-state index >= 15 is 0 Å².